The van der Waals surface area contributed by atoms with Gasteiger partial charge in [-0.2, -0.15) is 0 Å². The Bertz CT molecular complexity index is 461. The Morgan fingerprint density at radius 1 is 1.23 bits per heavy atom. The van der Waals surface area contributed by atoms with E-state index >= 15 is 0 Å². The van der Waals surface area contributed by atoms with Crippen LogP contribution in [0.2, 0.25) is 0 Å². The van der Waals surface area contributed by atoms with Crippen molar-refractivity contribution in [2.75, 3.05) is 32.1 Å². The Morgan fingerprint density at radius 3 is 2.86 bits per heavy atom. The van der Waals surface area contributed by atoms with Crippen molar-refractivity contribution < 1.29 is 4.74 Å². The number of ether oxygens (including phenoxy) is 1. The standard InChI is InChI=1S/C15H24N4O.2ClH/c1-20-9-11-3-2-4-13(11)19-15-12-5-7-16-8-6-14(12)17-10-18-15;;/h10-11,13,16H,2-9H2,1H3,(H,17,18,19);2*1H/t11-,13-;;/m1../s1. The van der Waals surface area contributed by atoms with Crippen molar-refractivity contribution in [3.05, 3.63) is 17.6 Å². The fraction of sp³-hybridized carbons (Fsp3) is 0.733. The predicted molar refractivity (Wildman–Crippen MR) is 93.4 cm³/mol. The maximum absolute atomic E-state index is 5.34. The fourth-order valence-corrected chi connectivity index (χ4v) is 3.41. The van der Waals surface area contributed by atoms with Crippen LogP contribution in [0.15, 0.2) is 6.33 Å². The van der Waals surface area contributed by atoms with Gasteiger partial charge in [-0.25, -0.2) is 9.97 Å². The second-order valence-electron chi connectivity index (χ2n) is 5.79. The number of halogens is 2. The van der Waals surface area contributed by atoms with Gasteiger partial charge in [0.1, 0.15) is 12.1 Å². The molecule has 1 aliphatic heterocycles. The molecule has 3 rings (SSSR count). The van der Waals surface area contributed by atoms with Gasteiger partial charge < -0.3 is 15.4 Å². The van der Waals surface area contributed by atoms with Gasteiger partial charge in [0.05, 0.1) is 12.3 Å². The third-order valence-electron chi connectivity index (χ3n) is 4.49. The first kappa shape index (κ1) is 19.4. The number of fused-ring (bicyclic) bond motifs is 1. The van der Waals surface area contributed by atoms with Crippen LogP contribution in [0.25, 0.3) is 0 Å². The summed E-state index contributed by atoms with van der Waals surface area (Å²) in [5.74, 6) is 1.65. The molecule has 2 heterocycles. The van der Waals surface area contributed by atoms with Gasteiger partial charge in [0, 0.05) is 37.6 Å². The van der Waals surface area contributed by atoms with E-state index < -0.39 is 0 Å². The van der Waals surface area contributed by atoms with E-state index in [0.717, 1.165) is 38.4 Å². The van der Waals surface area contributed by atoms with Crippen molar-refractivity contribution in [1.29, 1.82) is 0 Å². The summed E-state index contributed by atoms with van der Waals surface area (Å²) in [5, 5.41) is 7.10. The molecule has 0 radical (unpaired) electrons. The van der Waals surface area contributed by atoms with Gasteiger partial charge in [0.15, 0.2) is 0 Å². The van der Waals surface area contributed by atoms with Crippen LogP contribution in [0.1, 0.15) is 30.5 Å². The van der Waals surface area contributed by atoms with Gasteiger partial charge in [-0.1, -0.05) is 6.42 Å². The summed E-state index contributed by atoms with van der Waals surface area (Å²) in [7, 11) is 1.79. The molecule has 0 aromatic carbocycles. The summed E-state index contributed by atoms with van der Waals surface area (Å²) >= 11 is 0. The Labute approximate surface area is 144 Å². The van der Waals surface area contributed by atoms with Crippen LogP contribution in [0.3, 0.4) is 0 Å². The van der Waals surface area contributed by atoms with Crippen molar-refractivity contribution in [2.24, 2.45) is 5.92 Å². The van der Waals surface area contributed by atoms with E-state index in [-0.39, 0.29) is 24.8 Å². The predicted octanol–water partition coefficient (Wildman–Crippen LogP) is 2.24. The number of hydrogen-bond acceptors (Lipinski definition) is 5. The Morgan fingerprint density at radius 2 is 2.05 bits per heavy atom. The summed E-state index contributed by atoms with van der Waals surface area (Å²) in [6, 6.07) is 0.491. The fourth-order valence-electron chi connectivity index (χ4n) is 3.41. The highest BCUT2D eigenvalue weighted by Crippen LogP contribution is 2.30. The van der Waals surface area contributed by atoms with Crippen LogP contribution in [0, 0.1) is 5.92 Å². The minimum Gasteiger partial charge on any atom is -0.384 e. The van der Waals surface area contributed by atoms with Gasteiger partial charge >= 0.3 is 0 Å². The number of nitrogens with zero attached hydrogens (tertiary/aromatic N) is 2. The molecule has 1 aromatic rings. The van der Waals surface area contributed by atoms with Crippen molar-refractivity contribution in [2.45, 2.75) is 38.1 Å². The molecule has 2 aliphatic rings. The minimum absolute atomic E-state index is 0. The summed E-state index contributed by atoms with van der Waals surface area (Å²) in [4.78, 5) is 8.95. The van der Waals surface area contributed by atoms with Gasteiger partial charge in [0.25, 0.3) is 0 Å². The lowest BCUT2D eigenvalue weighted by molar-refractivity contribution is 0.150. The summed E-state index contributed by atoms with van der Waals surface area (Å²) < 4.78 is 5.34. The van der Waals surface area contributed by atoms with E-state index in [0.29, 0.717) is 12.0 Å². The third kappa shape index (κ3) is 4.44. The molecule has 1 fully saturated rings. The Balaban J connectivity index is 0.00000121. The van der Waals surface area contributed by atoms with E-state index in [9.17, 15) is 0 Å². The van der Waals surface area contributed by atoms with Crippen LogP contribution in [0.5, 0.6) is 0 Å². The smallest absolute Gasteiger partial charge is 0.133 e. The molecular formula is C15H26Cl2N4O. The van der Waals surface area contributed by atoms with Gasteiger partial charge in [-0.3, -0.25) is 0 Å². The molecule has 0 bridgehead atoms. The average Bonchev–Trinajstić information content (AvgIpc) is 2.75. The number of rotatable bonds is 4. The van der Waals surface area contributed by atoms with Gasteiger partial charge in [0.2, 0.25) is 0 Å². The maximum Gasteiger partial charge on any atom is 0.133 e. The van der Waals surface area contributed by atoms with Crippen LogP contribution in [-0.2, 0) is 17.6 Å². The number of hydrogen-bond donors (Lipinski definition) is 2. The molecule has 126 valence electrons. The zero-order chi connectivity index (χ0) is 13.8. The molecule has 1 saturated carbocycles. The second-order valence-corrected chi connectivity index (χ2v) is 5.79. The highest BCUT2D eigenvalue weighted by Gasteiger charge is 2.28. The molecule has 5 nitrogen and oxygen atoms in total. The molecular weight excluding hydrogens is 323 g/mol. The third-order valence-corrected chi connectivity index (χ3v) is 4.49. The minimum atomic E-state index is 0. The highest BCUT2D eigenvalue weighted by atomic mass is 35.5. The highest BCUT2D eigenvalue weighted by molar-refractivity contribution is 5.85. The average molecular weight is 349 g/mol. The lowest BCUT2D eigenvalue weighted by Gasteiger charge is -2.22. The van der Waals surface area contributed by atoms with Crippen molar-refractivity contribution >= 4 is 30.6 Å². The molecule has 0 unspecified atom stereocenters. The zero-order valence-electron chi connectivity index (χ0n) is 13.0. The van der Waals surface area contributed by atoms with E-state index in [4.69, 9.17) is 4.74 Å². The number of aromatic nitrogens is 2. The van der Waals surface area contributed by atoms with Crippen LogP contribution >= 0.6 is 24.8 Å². The normalized spacial score (nSPS) is 23.7. The van der Waals surface area contributed by atoms with Gasteiger partial charge in [-0.15, -0.1) is 24.8 Å². The van der Waals surface area contributed by atoms with E-state index in [1.54, 1.807) is 13.4 Å². The SMILES string of the molecule is COC[C@H]1CCC[C@H]1Nc1ncnc2c1CCNCC2.Cl.Cl. The van der Waals surface area contributed by atoms with Crippen molar-refractivity contribution in [3.8, 4) is 0 Å². The molecule has 0 saturated heterocycles. The molecule has 1 aliphatic carbocycles. The molecule has 0 spiro atoms. The van der Waals surface area contributed by atoms with E-state index in [1.807, 2.05) is 0 Å². The first-order chi connectivity index (χ1) is 9.88. The molecule has 7 heteroatoms. The van der Waals surface area contributed by atoms with E-state index in [1.165, 1.54) is 30.5 Å². The summed E-state index contributed by atoms with van der Waals surface area (Å²) in [6.07, 6.45) is 7.46. The summed E-state index contributed by atoms with van der Waals surface area (Å²) in [5.41, 5.74) is 2.51. The lowest BCUT2D eigenvalue weighted by atomic mass is 10.0. The monoisotopic (exact) mass is 348 g/mol. The van der Waals surface area contributed by atoms with Crippen molar-refractivity contribution in [1.82, 2.24) is 15.3 Å². The lowest BCUT2D eigenvalue weighted by Crippen LogP contribution is -2.28. The molecule has 2 atom stereocenters. The van der Waals surface area contributed by atoms with Crippen molar-refractivity contribution in [3.63, 3.8) is 0 Å². The zero-order valence-corrected chi connectivity index (χ0v) is 14.6. The second kappa shape index (κ2) is 9.50. The first-order valence-corrected chi connectivity index (χ1v) is 7.67. The Hall–Kier alpha value is -0.620. The maximum atomic E-state index is 5.34. The molecule has 2 N–H and O–H groups in total. The van der Waals surface area contributed by atoms with Crippen LogP contribution < -0.4 is 10.6 Å². The number of methoxy groups -OCH3 is 1. The van der Waals surface area contributed by atoms with Crippen LogP contribution in [0.4, 0.5) is 5.82 Å². The number of anilines is 1. The first-order valence-electron chi connectivity index (χ1n) is 7.67. The largest absolute Gasteiger partial charge is 0.384 e. The molecule has 0 amide bonds. The van der Waals surface area contributed by atoms with Gasteiger partial charge in [-0.05, 0) is 25.8 Å². The quantitative estimate of drug-likeness (QED) is 0.873. The topological polar surface area (TPSA) is 59.1 Å². The molecule has 22 heavy (non-hydrogen) atoms. The van der Waals surface area contributed by atoms with E-state index in [2.05, 4.69) is 20.6 Å². The summed E-state index contributed by atoms with van der Waals surface area (Å²) in [6.45, 7) is 2.87. The molecule has 1 aromatic heterocycles. The van der Waals surface area contributed by atoms with Crippen LogP contribution in [-0.4, -0.2) is 42.8 Å². The number of nitrogens with one attached hydrogen (secondary N) is 2. The Kier molecular flexibility index (Phi) is 8.39.